The maximum Gasteiger partial charge on any atom is 0.337 e. The number of dihydropyridines is 1. The fraction of sp³-hybridized carbons (Fsp3) is 0.577. The van der Waals surface area contributed by atoms with Gasteiger partial charge in [0.05, 0.1) is 18.6 Å². The molecule has 3 aliphatic rings. The van der Waals surface area contributed by atoms with Crippen molar-refractivity contribution in [2.75, 3.05) is 7.11 Å². The Bertz CT molecular complexity index is 1010. The van der Waals surface area contributed by atoms with Crippen LogP contribution in [-0.4, -0.2) is 30.9 Å². The normalized spacial score (nSPS) is 26.4. The van der Waals surface area contributed by atoms with Crippen molar-refractivity contribution in [3.8, 4) is 0 Å². The van der Waals surface area contributed by atoms with E-state index in [0.29, 0.717) is 34.8 Å². The van der Waals surface area contributed by atoms with Crippen LogP contribution in [0.2, 0.25) is 0 Å². The summed E-state index contributed by atoms with van der Waals surface area (Å²) in [6.45, 7) is 5.52. The first kappa shape index (κ1) is 23.3. The maximum atomic E-state index is 13.7. The molecular formula is C26H33NO6. The van der Waals surface area contributed by atoms with Gasteiger partial charge >= 0.3 is 11.9 Å². The van der Waals surface area contributed by atoms with Gasteiger partial charge in [-0.1, -0.05) is 19.8 Å². The van der Waals surface area contributed by atoms with Crippen LogP contribution in [0, 0.1) is 18.8 Å². The summed E-state index contributed by atoms with van der Waals surface area (Å²) in [5, 5.41) is 3.29. The molecule has 1 aliphatic heterocycles. The molecule has 1 aromatic rings. The molecule has 1 saturated carbocycles. The number of aryl methyl sites for hydroxylation is 1. The second-order valence-corrected chi connectivity index (χ2v) is 9.50. The molecule has 1 fully saturated rings. The zero-order chi connectivity index (χ0) is 23.7. The van der Waals surface area contributed by atoms with Crippen LogP contribution in [-0.2, 0) is 23.9 Å². The molecule has 0 bridgehead atoms. The van der Waals surface area contributed by atoms with Crippen LogP contribution in [0.3, 0.4) is 0 Å². The Morgan fingerprint density at radius 3 is 2.39 bits per heavy atom. The Balaban J connectivity index is 1.74. The van der Waals surface area contributed by atoms with Gasteiger partial charge in [-0.05, 0) is 64.0 Å². The topological polar surface area (TPSA) is 94.8 Å². The van der Waals surface area contributed by atoms with Crippen LogP contribution in [0.5, 0.6) is 0 Å². The van der Waals surface area contributed by atoms with Gasteiger partial charge in [0.2, 0.25) is 0 Å². The smallest absolute Gasteiger partial charge is 0.337 e. The Morgan fingerprint density at radius 2 is 1.79 bits per heavy atom. The van der Waals surface area contributed by atoms with E-state index in [-0.39, 0.29) is 17.8 Å². The van der Waals surface area contributed by atoms with Gasteiger partial charge in [0.25, 0.3) is 0 Å². The highest BCUT2D eigenvalue weighted by Crippen LogP contribution is 2.46. The number of carbonyl (C=O) groups excluding carboxylic acids is 3. The molecule has 1 N–H and O–H groups in total. The Hall–Kier alpha value is -2.83. The van der Waals surface area contributed by atoms with E-state index < -0.39 is 23.8 Å². The van der Waals surface area contributed by atoms with Crippen LogP contribution in [0.25, 0.3) is 0 Å². The molecule has 1 aromatic heterocycles. The fourth-order valence-corrected chi connectivity index (χ4v) is 5.42. The van der Waals surface area contributed by atoms with Crippen molar-refractivity contribution in [2.24, 2.45) is 11.8 Å². The molecule has 7 nitrogen and oxygen atoms in total. The molecule has 0 amide bonds. The fourth-order valence-electron chi connectivity index (χ4n) is 5.42. The third-order valence-corrected chi connectivity index (χ3v) is 7.08. The lowest BCUT2D eigenvalue weighted by Gasteiger charge is -2.37. The second kappa shape index (κ2) is 9.57. The third-order valence-electron chi connectivity index (χ3n) is 7.08. The van der Waals surface area contributed by atoms with E-state index in [1.807, 2.05) is 26.8 Å². The number of rotatable bonds is 4. The van der Waals surface area contributed by atoms with Crippen molar-refractivity contribution in [1.82, 2.24) is 5.32 Å². The Morgan fingerprint density at radius 1 is 1.09 bits per heavy atom. The van der Waals surface area contributed by atoms with Crippen LogP contribution in [0.4, 0.5) is 0 Å². The average Bonchev–Trinajstić information content (AvgIpc) is 3.03. The first-order valence-electron chi connectivity index (χ1n) is 11.9. The van der Waals surface area contributed by atoms with Crippen molar-refractivity contribution in [1.29, 1.82) is 0 Å². The number of nitrogens with one attached hydrogen (secondary N) is 1. The highest BCUT2D eigenvalue weighted by molar-refractivity contribution is 6.12. The first-order chi connectivity index (χ1) is 15.8. The lowest BCUT2D eigenvalue weighted by molar-refractivity contribution is -0.151. The van der Waals surface area contributed by atoms with Gasteiger partial charge in [0, 0.05) is 17.0 Å². The summed E-state index contributed by atoms with van der Waals surface area (Å²) in [6, 6.07) is 3.61. The molecule has 2 aliphatic carbocycles. The molecule has 0 saturated heterocycles. The number of Topliss-reactive ketones (excluding diaryl/α,β-unsaturated/α-hetero) is 1. The summed E-state index contributed by atoms with van der Waals surface area (Å²) in [5.74, 6) is -1.98. The number of hydrogen-bond donors (Lipinski definition) is 1. The van der Waals surface area contributed by atoms with E-state index in [4.69, 9.17) is 13.9 Å². The molecule has 4 rings (SSSR count). The lowest BCUT2D eigenvalue weighted by Crippen LogP contribution is -2.43. The number of methoxy groups -OCH3 is 1. The average molecular weight is 456 g/mol. The summed E-state index contributed by atoms with van der Waals surface area (Å²) in [6.07, 6.45) is 6.48. The van der Waals surface area contributed by atoms with E-state index in [9.17, 15) is 14.4 Å². The summed E-state index contributed by atoms with van der Waals surface area (Å²) in [4.78, 5) is 39.6. The number of furan rings is 1. The molecule has 0 radical (unpaired) electrons. The van der Waals surface area contributed by atoms with E-state index in [0.717, 1.165) is 44.2 Å². The second-order valence-electron chi connectivity index (χ2n) is 9.50. The number of ether oxygens (including phenoxy) is 2. The van der Waals surface area contributed by atoms with Gasteiger partial charge in [-0.25, -0.2) is 4.79 Å². The standard InChI is InChI=1S/C26H33NO6/c1-14-13-18-22(24(28)20(14)25(29)31-4)23(19-12-11-15(2)32-19)21(16(3)27-18)26(30)33-17-9-7-5-6-8-10-17/h11-12,14,17,20,23,27H,5-10,13H2,1-4H3/t14-,20+,23-/m1/s1. The summed E-state index contributed by atoms with van der Waals surface area (Å²) in [5.41, 5.74) is 2.16. The molecule has 7 heteroatoms. The van der Waals surface area contributed by atoms with Crippen LogP contribution in [0.15, 0.2) is 39.1 Å². The van der Waals surface area contributed by atoms with E-state index in [1.165, 1.54) is 7.11 Å². The molecule has 3 atom stereocenters. The highest BCUT2D eigenvalue weighted by Gasteiger charge is 2.48. The summed E-state index contributed by atoms with van der Waals surface area (Å²) >= 11 is 0. The van der Waals surface area contributed by atoms with Crippen molar-refractivity contribution in [3.05, 3.63) is 46.2 Å². The number of allylic oxidation sites excluding steroid dienone is 3. The minimum Gasteiger partial charge on any atom is -0.468 e. The predicted molar refractivity (Wildman–Crippen MR) is 121 cm³/mol. The zero-order valence-corrected chi connectivity index (χ0v) is 19.9. The van der Waals surface area contributed by atoms with Gasteiger partial charge in [-0.3, -0.25) is 9.59 Å². The largest absolute Gasteiger partial charge is 0.468 e. The van der Waals surface area contributed by atoms with Crippen molar-refractivity contribution in [2.45, 2.75) is 77.7 Å². The molecule has 0 unspecified atom stereocenters. The monoisotopic (exact) mass is 455 g/mol. The van der Waals surface area contributed by atoms with Gasteiger partial charge in [-0.15, -0.1) is 0 Å². The van der Waals surface area contributed by atoms with E-state index >= 15 is 0 Å². The summed E-state index contributed by atoms with van der Waals surface area (Å²) < 4.78 is 16.8. The molecule has 0 spiro atoms. The van der Waals surface area contributed by atoms with E-state index in [1.54, 1.807) is 6.07 Å². The van der Waals surface area contributed by atoms with Crippen LogP contribution >= 0.6 is 0 Å². The Kier molecular flexibility index (Phi) is 6.77. The highest BCUT2D eigenvalue weighted by atomic mass is 16.5. The van der Waals surface area contributed by atoms with Gasteiger partial charge in [0.15, 0.2) is 5.78 Å². The van der Waals surface area contributed by atoms with Crippen LogP contribution in [0.1, 0.15) is 76.2 Å². The van der Waals surface area contributed by atoms with E-state index in [2.05, 4.69) is 5.32 Å². The van der Waals surface area contributed by atoms with Gasteiger partial charge in [0.1, 0.15) is 23.5 Å². The molecular weight excluding hydrogens is 422 g/mol. The van der Waals surface area contributed by atoms with Crippen LogP contribution < -0.4 is 5.32 Å². The molecule has 0 aromatic carbocycles. The third kappa shape index (κ3) is 4.50. The molecule has 178 valence electrons. The first-order valence-corrected chi connectivity index (χ1v) is 11.9. The van der Waals surface area contributed by atoms with Crippen molar-refractivity contribution >= 4 is 17.7 Å². The Labute approximate surface area is 194 Å². The number of carbonyl (C=O) groups is 3. The molecule has 2 heterocycles. The zero-order valence-electron chi connectivity index (χ0n) is 19.9. The quantitative estimate of drug-likeness (QED) is 0.407. The minimum absolute atomic E-state index is 0.125. The maximum absolute atomic E-state index is 13.7. The number of hydrogen-bond acceptors (Lipinski definition) is 7. The van der Waals surface area contributed by atoms with Gasteiger partial charge < -0.3 is 19.2 Å². The number of ketones is 1. The van der Waals surface area contributed by atoms with Crippen molar-refractivity contribution in [3.63, 3.8) is 0 Å². The molecule has 33 heavy (non-hydrogen) atoms. The SMILES string of the molecule is COC(=O)[C@@H]1C(=O)C2=C(C[C@H]1C)NC(C)=C(C(=O)OC1CCCCCC1)[C@H]2c1ccc(C)o1. The minimum atomic E-state index is -0.911. The van der Waals surface area contributed by atoms with Crippen molar-refractivity contribution < 1.29 is 28.3 Å². The van der Waals surface area contributed by atoms with Gasteiger partial charge in [-0.2, -0.15) is 0 Å². The lowest BCUT2D eigenvalue weighted by atomic mass is 9.70. The summed E-state index contributed by atoms with van der Waals surface area (Å²) in [7, 11) is 1.29. The number of esters is 2. The predicted octanol–water partition coefficient (Wildman–Crippen LogP) is 4.47.